The van der Waals surface area contributed by atoms with E-state index in [9.17, 15) is 0 Å². The lowest BCUT2D eigenvalue weighted by Crippen LogP contribution is -2.06. The number of fused-ring (bicyclic) bond motifs is 1. The molecule has 3 aromatic rings. The quantitative estimate of drug-likeness (QED) is 0.460. The second-order valence-corrected chi connectivity index (χ2v) is 6.28. The minimum atomic E-state index is 0.0160. The summed E-state index contributed by atoms with van der Waals surface area (Å²) in [7, 11) is 0. The van der Waals surface area contributed by atoms with Gasteiger partial charge in [-0.25, -0.2) is 0 Å². The Hall–Kier alpha value is -1.79. The van der Waals surface area contributed by atoms with Crippen LogP contribution in [0.3, 0.4) is 0 Å². The monoisotopic (exact) mass is 308 g/mol. The van der Waals surface area contributed by atoms with Crippen molar-refractivity contribution in [2.45, 2.75) is 31.1 Å². The third-order valence-electron chi connectivity index (χ3n) is 4.27. The van der Waals surface area contributed by atoms with Crippen molar-refractivity contribution >= 4 is 22.4 Å². The molecule has 0 N–H and O–H groups in total. The molecule has 0 aliphatic carbocycles. The van der Waals surface area contributed by atoms with Gasteiger partial charge in [-0.1, -0.05) is 86.1 Å². The van der Waals surface area contributed by atoms with E-state index in [0.717, 1.165) is 12.8 Å². The van der Waals surface area contributed by atoms with Crippen molar-refractivity contribution < 1.29 is 0 Å². The highest BCUT2D eigenvalue weighted by molar-refractivity contribution is 6.21. The Kier molecular flexibility index (Phi) is 4.80. The third-order valence-corrected chi connectivity index (χ3v) is 4.83. The fourth-order valence-corrected chi connectivity index (χ4v) is 3.52. The van der Waals surface area contributed by atoms with Gasteiger partial charge in [-0.05, 0) is 28.3 Å². The summed E-state index contributed by atoms with van der Waals surface area (Å²) in [5.41, 5.74) is 2.54. The van der Waals surface area contributed by atoms with E-state index in [1.54, 1.807) is 0 Å². The van der Waals surface area contributed by atoms with E-state index in [-0.39, 0.29) is 5.38 Å². The van der Waals surface area contributed by atoms with Gasteiger partial charge in [-0.3, -0.25) is 0 Å². The lowest BCUT2D eigenvalue weighted by Gasteiger charge is -2.23. The van der Waals surface area contributed by atoms with Crippen LogP contribution >= 0.6 is 11.6 Å². The average Bonchev–Trinajstić information content (AvgIpc) is 2.59. The van der Waals surface area contributed by atoms with Crippen molar-refractivity contribution in [1.82, 2.24) is 0 Å². The summed E-state index contributed by atoms with van der Waals surface area (Å²) in [6.45, 7) is 2.22. The Bertz CT molecular complexity index is 733. The SMILES string of the molecule is CCC[C@H](c1ccc2ccccc2c1)[C@@H](Cl)c1ccccc1. The van der Waals surface area contributed by atoms with Crippen molar-refractivity contribution in [1.29, 1.82) is 0 Å². The van der Waals surface area contributed by atoms with Gasteiger partial charge in [-0.2, -0.15) is 0 Å². The molecule has 0 saturated heterocycles. The first-order valence-corrected chi connectivity index (χ1v) is 8.41. The van der Waals surface area contributed by atoms with Crippen molar-refractivity contribution in [2.75, 3.05) is 0 Å². The summed E-state index contributed by atoms with van der Waals surface area (Å²) < 4.78 is 0. The fourth-order valence-electron chi connectivity index (χ4n) is 3.10. The van der Waals surface area contributed by atoms with Crippen LogP contribution in [0.4, 0.5) is 0 Å². The first-order chi connectivity index (χ1) is 10.8. The van der Waals surface area contributed by atoms with E-state index in [1.165, 1.54) is 21.9 Å². The van der Waals surface area contributed by atoms with Crippen LogP contribution in [0.1, 0.15) is 42.2 Å². The second-order valence-electron chi connectivity index (χ2n) is 5.81. The van der Waals surface area contributed by atoms with Gasteiger partial charge in [0, 0.05) is 5.92 Å². The zero-order valence-corrected chi connectivity index (χ0v) is 13.6. The van der Waals surface area contributed by atoms with Crippen LogP contribution in [0.25, 0.3) is 10.8 Å². The molecule has 0 aliphatic heterocycles. The number of hydrogen-bond acceptors (Lipinski definition) is 0. The van der Waals surface area contributed by atoms with Crippen LogP contribution in [-0.2, 0) is 0 Å². The van der Waals surface area contributed by atoms with Crippen LogP contribution in [0.2, 0.25) is 0 Å². The van der Waals surface area contributed by atoms with E-state index in [0.29, 0.717) is 5.92 Å². The second kappa shape index (κ2) is 6.98. The molecular weight excluding hydrogens is 288 g/mol. The van der Waals surface area contributed by atoms with Gasteiger partial charge >= 0.3 is 0 Å². The molecule has 0 fully saturated rings. The van der Waals surface area contributed by atoms with Crippen molar-refractivity contribution in [2.24, 2.45) is 0 Å². The first kappa shape index (κ1) is 15.1. The van der Waals surface area contributed by atoms with Gasteiger partial charge in [0.1, 0.15) is 0 Å². The summed E-state index contributed by atoms with van der Waals surface area (Å²) in [4.78, 5) is 0. The Labute approximate surface area is 137 Å². The lowest BCUT2D eigenvalue weighted by molar-refractivity contribution is 0.595. The highest BCUT2D eigenvalue weighted by Gasteiger charge is 2.22. The maximum Gasteiger partial charge on any atom is 0.0653 e. The van der Waals surface area contributed by atoms with E-state index in [2.05, 4.69) is 73.7 Å². The normalized spacial score (nSPS) is 13.9. The van der Waals surface area contributed by atoms with Crippen LogP contribution in [0.15, 0.2) is 72.8 Å². The number of rotatable bonds is 5. The van der Waals surface area contributed by atoms with Gasteiger partial charge in [0.2, 0.25) is 0 Å². The predicted molar refractivity (Wildman–Crippen MR) is 96.6 cm³/mol. The zero-order valence-electron chi connectivity index (χ0n) is 12.9. The minimum Gasteiger partial charge on any atom is -0.117 e. The van der Waals surface area contributed by atoms with Crippen LogP contribution in [-0.4, -0.2) is 0 Å². The molecule has 0 nitrogen and oxygen atoms in total. The maximum atomic E-state index is 6.84. The van der Waals surface area contributed by atoms with Gasteiger partial charge in [0.05, 0.1) is 5.38 Å². The molecule has 22 heavy (non-hydrogen) atoms. The molecule has 0 bridgehead atoms. The Balaban J connectivity index is 1.98. The van der Waals surface area contributed by atoms with Crippen LogP contribution in [0, 0.1) is 0 Å². The summed E-state index contributed by atoms with van der Waals surface area (Å²) in [5.74, 6) is 0.346. The molecule has 0 aliphatic rings. The number of hydrogen-bond donors (Lipinski definition) is 0. The molecule has 0 saturated carbocycles. The highest BCUT2D eigenvalue weighted by atomic mass is 35.5. The van der Waals surface area contributed by atoms with Gasteiger partial charge in [-0.15, -0.1) is 11.6 Å². The van der Waals surface area contributed by atoms with E-state index in [4.69, 9.17) is 11.6 Å². The first-order valence-electron chi connectivity index (χ1n) is 7.97. The molecule has 0 amide bonds. The molecule has 2 atom stereocenters. The summed E-state index contributed by atoms with van der Waals surface area (Å²) >= 11 is 6.84. The van der Waals surface area contributed by atoms with Crippen LogP contribution < -0.4 is 0 Å². The Morgan fingerprint density at radius 1 is 0.773 bits per heavy atom. The average molecular weight is 309 g/mol. The molecule has 0 radical (unpaired) electrons. The minimum absolute atomic E-state index is 0.0160. The Morgan fingerprint density at radius 3 is 2.18 bits per heavy atom. The highest BCUT2D eigenvalue weighted by Crippen LogP contribution is 2.40. The molecule has 0 aromatic heterocycles. The Morgan fingerprint density at radius 2 is 1.45 bits per heavy atom. The van der Waals surface area contributed by atoms with Gasteiger partial charge in [0.25, 0.3) is 0 Å². The largest absolute Gasteiger partial charge is 0.117 e. The molecule has 0 heterocycles. The number of alkyl halides is 1. The molecule has 3 aromatic carbocycles. The smallest absolute Gasteiger partial charge is 0.0653 e. The standard InChI is InChI=1S/C21H21Cl/c1-2-8-20(21(22)17-10-4-3-5-11-17)19-14-13-16-9-6-7-12-18(16)15-19/h3-7,9-15,20-21H,2,8H2,1H3/t20-,21+/m1/s1. The molecular formula is C21H21Cl. The van der Waals surface area contributed by atoms with Crippen molar-refractivity contribution in [3.8, 4) is 0 Å². The summed E-state index contributed by atoms with van der Waals surface area (Å²) in [6.07, 6.45) is 2.23. The molecule has 0 spiro atoms. The lowest BCUT2D eigenvalue weighted by atomic mass is 9.87. The maximum absolute atomic E-state index is 6.84. The van der Waals surface area contributed by atoms with Crippen LogP contribution in [0.5, 0.6) is 0 Å². The summed E-state index contributed by atoms with van der Waals surface area (Å²) in [5, 5.41) is 2.59. The van der Waals surface area contributed by atoms with E-state index >= 15 is 0 Å². The van der Waals surface area contributed by atoms with E-state index < -0.39 is 0 Å². The molecule has 0 unspecified atom stereocenters. The van der Waals surface area contributed by atoms with Gasteiger partial charge in [0.15, 0.2) is 0 Å². The fraction of sp³-hybridized carbons (Fsp3) is 0.238. The predicted octanol–water partition coefficient (Wildman–Crippen LogP) is 6.70. The summed E-state index contributed by atoms with van der Waals surface area (Å²) in [6, 6.07) is 25.7. The topological polar surface area (TPSA) is 0 Å². The molecule has 112 valence electrons. The van der Waals surface area contributed by atoms with E-state index in [1.807, 2.05) is 6.07 Å². The molecule has 3 rings (SSSR count). The number of benzene rings is 3. The molecule has 1 heteroatoms. The number of halogens is 1. The van der Waals surface area contributed by atoms with Crippen molar-refractivity contribution in [3.05, 3.63) is 83.9 Å². The van der Waals surface area contributed by atoms with Gasteiger partial charge < -0.3 is 0 Å². The zero-order chi connectivity index (χ0) is 15.4. The third kappa shape index (κ3) is 3.18. The van der Waals surface area contributed by atoms with Crippen molar-refractivity contribution in [3.63, 3.8) is 0 Å².